The van der Waals surface area contributed by atoms with E-state index in [1.807, 2.05) is 23.6 Å². The summed E-state index contributed by atoms with van der Waals surface area (Å²) in [5, 5.41) is 1.74. The molecule has 1 unspecified atom stereocenters. The van der Waals surface area contributed by atoms with Gasteiger partial charge in [-0.15, -0.1) is 23.1 Å². The van der Waals surface area contributed by atoms with Gasteiger partial charge in [-0.05, 0) is 23.6 Å². The van der Waals surface area contributed by atoms with E-state index in [-0.39, 0.29) is 17.1 Å². The fraction of sp³-hybridized carbons (Fsp3) is 0.188. The van der Waals surface area contributed by atoms with Crippen molar-refractivity contribution in [2.45, 2.75) is 5.37 Å². The summed E-state index contributed by atoms with van der Waals surface area (Å²) in [6.45, 7) is 0.650. The van der Waals surface area contributed by atoms with Crippen LogP contribution < -0.4 is 0 Å². The first-order valence-corrected chi connectivity index (χ1v) is 8.57. The summed E-state index contributed by atoms with van der Waals surface area (Å²) in [5.74, 6) is 0.510. The molecule has 1 atom stereocenters. The van der Waals surface area contributed by atoms with Crippen molar-refractivity contribution in [2.24, 2.45) is 0 Å². The van der Waals surface area contributed by atoms with Crippen LogP contribution in [0.25, 0.3) is 6.08 Å². The Morgan fingerprint density at radius 2 is 2.14 bits per heavy atom. The highest BCUT2D eigenvalue weighted by atomic mass is 32.2. The lowest BCUT2D eigenvalue weighted by atomic mass is 10.2. The number of rotatable bonds is 3. The van der Waals surface area contributed by atoms with Gasteiger partial charge >= 0.3 is 0 Å². The Kier molecular flexibility index (Phi) is 4.41. The smallest absolute Gasteiger partial charge is 0.247 e. The predicted octanol–water partition coefficient (Wildman–Crippen LogP) is 4.17. The van der Waals surface area contributed by atoms with E-state index in [9.17, 15) is 9.18 Å². The molecule has 0 radical (unpaired) electrons. The molecule has 0 saturated carbocycles. The van der Waals surface area contributed by atoms with Gasteiger partial charge < -0.3 is 4.90 Å². The quantitative estimate of drug-likeness (QED) is 0.791. The lowest BCUT2D eigenvalue weighted by molar-refractivity contribution is -0.126. The summed E-state index contributed by atoms with van der Waals surface area (Å²) in [5.41, 5.74) is 0.581. The first-order chi connectivity index (χ1) is 10.3. The molecule has 1 fully saturated rings. The monoisotopic (exact) mass is 319 g/mol. The van der Waals surface area contributed by atoms with Crippen molar-refractivity contribution in [1.29, 1.82) is 0 Å². The van der Waals surface area contributed by atoms with Crippen LogP contribution in [0.1, 0.15) is 15.8 Å². The van der Waals surface area contributed by atoms with Crippen LogP contribution in [0.3, 0.4) is 0 Å². The number of benzene rings is 1. The zero-order chi connectivity index (χ0) is 14.7. The van der Waals surface area contributed by atoms with Gasteiger partial charge in [0.1, 0.15) is 11.2 Å². The van der Waals surface area contributed by atoms with E-state index in [1.165, 1.54) is 6.07 Å². The molecule has 2 nitrogen and oxygen atoms in total. The molecule has 1 aromatic heterocycles. The number of hydrogen-bond donors (Lipinski definition) is 0. The second kappa shape index (κ2) is 6.45. The first kappa shape index (κ1) is 14.4. The van der Waals surface area contributed by atoms with E-state index in [4.69, 9.17) is 0 Å². The molecule has 21 heavy (non-hydrogen) atoms. The molecular formula is C16H14FNOS2. The number of carbonyl (C=O) groups excluding carboxylic acids is 1. The molecular weight excluding hydrogens is 305 g/mol. The molecule has 1 aliphatic heterocycles. The second-order valence-electron chi connectivity index (χ2n) is 4.63. The molecule has 0 aliphatic carbocycles. The third-order valence-electron chi connectivity index (χ3n) is 3.28. The largest absolute Gasteiger partial charge is 0.322 e. The molecule has 1 aromatic carbocycles. The maximum Gasteiger partial charge on any atom is 0.247 e. The van der Waals surface area contributed by atoms with Crippen LogP contribution in [0.5, 0.6) is 0 Å². The number of hydrogen-bond acceptors (Lipinski definition) is 3. The number of halogens is 1. The highest BCUT2D eigenvalue weighted by molar-refractivity contribution is 7.99. The standard InChI is InChI=1S/C16H14FNOS2/c17-14-6-2-1-5-13(14)16-18(9-11-21-16)15(19)8-7-12-4-3-10-20-12/h1-8,10,16H,9,11H2/b8-7+. The van der Waals surface area contributed by atoms with Crippen LogP contribution in [-0.2, 0) is 4.79 Å². The Balaban J connectivity index is 1.78. The maximum absolute atomic E-state index is 13.9. The fourth-order valence-electron chi connectivity index (χ4n) is 2.26. The Hall–Kier alpha value is -1.59. The molecule has 2 aromatic rings. The zero-order valence-electron chi connectivity index (χ0n) is 11.2. The molecule has 5 heteroatoms. The number of thioether (sulfide) groups is 1. The Labute approximate surface area is 131 Å². The van der Waals surface area contributed by atoms with Gasteiger partial charge in [0, 0.05) is 28.8 Å². The number of amides is 1. The minimum atomic E-state index is -0.253. The lowest BCUT2D eigenvalue weighted by Gasteiger charge is -2.23. The van der Waals surface area contributed by atoms with E-state index in [0.29, 0.717) is 12.1 Å². The highest BCUT2D eigenvalue weighted by Crippen LogP contribution is 2.39. The van der Waals surface area contributed by atoms with Gasteiger partial charge in [-0.1, -0.05) is 24.3 Å². The summed E-state index contributed by atoms with van der Waals surface area (Å²) in [7, 11) is 0. The van der Waals surface area contributed by atoms with Gasteiger partial charge in [0.05, 0.1) is 0 Å². The van der Waals surface area contributed by atoms with Crippen molar-refractivity contribution in [1.82, 2.24) is 4.90 Å². The fourth-order valence-corrected chi connectivity index (χ4v) is 4.17. The van der Waals surface area contributed by atoms with E-state index >= 15 is 0 Å². The molecule has 1 aliphatic rings. The second-order valence-corrected chi connectivity index (χ2v) is 6.79. The van der Waals surface area contributed by atoms with Crippen LogP contribution in [-0.4, -0.2) is 23.1 Å². The van der Waals surface area contributed by atoms with Gasteiger partial charge in [0.2, 0.25) is 5.91 Å². The molecule has 108 valence electrons. The van der Waals surface area contributed by atoms with E-state index in [1.54, 1.807) is 52.3 Å². The van der Waals surface area contributed by atoms with E-state index < -0.39 is 0 Å². The highest BCUT2D eigenvalue weighted by Gasteiger charge is 2.31. The minimum Gasteiger partial charge on any atom is -0.322 e. The summed E-state index contributed by atoms with van der Waals surface area (Å²) >= 11 is 3.19. The predicted molar refractivity (Wildman–Crippen MR) is 86.7 cm³/mol. The lowest BCUT2D eigenvalue weighted by Crippen LogP contribution is -2.29. The van der Waals surface area contributed by atoms with Gasteiger partial charge in [-0.3, -0.25) is 4.79 Å². The topological polar surface area (TPSA) is 20.3 Å². The molecule has 0 spiro atoms. The number of carbonyl (C=O) groups is 1. The molecule has 3 rings (SSSR count). The normalized spacial score (nSPS) is 18.5. The number of thiophene rings is 1. The average Bonchev–Trinajstić information content (AvgIpc) is 3.16. The van der Waals surface area contributed by atoms with Gasteiger partial charge in [-0.2, -0.15) is 0 Å². The third-order valence-corrected chi connectivity index (χ3v) is 5.36. The van der Waals surface area contributed by atoms with Crippen molar-refractivity contribution in [2.75, 3.05) is 12.3 Å². The Bertz CT molecular complexity index is 654. The first-order valence-electron chi connectivity index (χ1n) is 6.64. The van der Waals surface area contributed by atoms with E-state index in [0.717, 1.165) is 10.6 Å². The molecule has 0 bridgehead atoms. The van der Waals surface area contributed by atoms with Crippen LogP contribution >= 0.6 is 23.1 Å². The van der Waals surface area contributed by atoms with Crippen molar-refractivity contribution in [3.05, 3.63) is 64.1 Å². The van der Waals surface area contributed by atoms with Crippen molar-refractivity contribution in [3.63, 3.8) is 0 Å². The molecule has 1 saturated heterocycles. The zero-order valence-corrected chi connectivity index (χ0v) is 12.9. The number of nitrogens with zero attached hydrogens (tertiary/aromatic N) is 1. The minimum absolute atomic E-state index is 0.0679. The summed E-state index contributed by atoms with van der Waals surface area (Å²) in [4.78, 5) is 15.1. The Morgan fingerprint density at radius 3 is 2.90 bits per heavy atom. The summed E-state index contributed by atoms with van der Waals surface area (Å²) < 4.78 is 13.9. The van der Waals surface area contributed by atoms with E-state index in [2.05, 4.69) is 0 Å². The summed E-state index contributed by atoms with van der Waals surface area (Å²) in [6.07, 6.45) is 3.39. The maximum atomic E-state index is 13.9. The van der Waals surface area contributed by atoms with Crippen LogP contribution in [0, 0.1) is 5.82 Å². The van der Waals surface area contributed by atoms with Gasteiger partial charge in [0.15, 0.2) is 0 Å². The van der Waals surface area contributed by atoms with Gasteiger partial charge in [-0.25, -0.2) is 4.39 Å². The third kappa shape index (κ3) is 3.19. The Morgan fingerprint density at radius 1 is 1.29 bits per heavy atom. The van der Waals surface area contributed by atoms with Crippen molar-refractivity contribution < 1.29 is 9.18 Å². The summed E-state index contributed by atoms with van der Waals surface area (Å²) in [6, 6.07) is 10.6. The average molecular weight is 319 g/mol. The molecule has 2 heterocycles. The van der Waals surface area contributed by atoms with Crippen LogP contribution in [0.4, 0.5) is 4.39 Å². The SMILES string of the molecule is O=C(/C=C/c1cccs1)N1CCSC1c1ccccc1F. The molecule has 0 N–H and O–H groups in total. The van der Waals surface area contributed by atoms with Crippen molar-refractivity contribution >= 4 is 35.1 Å². The van der Waals surface area contributed by atoms with Crippen molar-refractivity contribution in [3.8, 4) is 0 Å². The van der Waals surface area contributed by atoms with Crippen LogP contribution in [0.15, 0.2) is 47.9 Å². The molecule has 1 amide bonds. The van der Waals surface area contributed by atoms with Gasteiger partial charge in [0.25, 0.3) is 0 Å². The van der Waals surface area contributed by atoms with Crippen LogP contribution in [0.2, 0.25) is 0 Å².